The third-order valence-electron chi connectivity index (χ3n) is 2.99. The predicted octanol–water partition coefficient (Wildman–Crippen LogP) is 3.54. The van der Waals surface area contributed by atoms with E-state index >= 15 is 0 Å². The highest BCUT2D eigenvalue weighted by atomic mass is 16.5. The van der Waals surface area contributed by atoms with Gasteiger partial charge in [0.15, 0.2) is 0 Å². The Morgan fingerprint density at radius 1 is 1.19 bits per heavy atom. The van der Waals surface area contributed by atoms with E-state index in [-0.39, 0.29) is 6.10 Å². The van der Waals surface area contributed by atoms with E-state index in [1.165, 1.54) is 0 Å². The van der Waals surface area contributed by atoms with Crippen LogP contribution < -0.4 is 4.74 Å². The molecule has 0 radical (unpaired) electrons. The molecule has 0 aliphatic heterocycles. The molecule has 0 spiro atoms. The highest BCUT2D eigenvalue weighted by molar-refractivity contribution is 5.44. The van der Waals surface area contributed by atoms with Crippen LogP contribution in [0, 0.1) is 13.8 Å². The van der Waals surface area contributed by atoms with E-state index in [9.17, 15) is 5.11 Å². The first-order valence-electron chi connectivity index (χ1n) is 6.02. The fraction of sp³-hybridized carbons (Fsp3) is 0.571. The number of ether oxygens (including phenoxy) is 1. The van der Waals surface area contributed by atoms with E-state index in [1.807, 2.05) is 32.9 Å². The Bertz CT molecular complexity index is 345. The lowest BCUT2D eigenvalue weighted by molar-refractivity contribution is 0.172. The van der Waals surface area contributed by atoms with Gasteiger partial charge in [-0.15, -0.1) is 0 Å². The molecule has 1 rings (SSSR count). The maximum absolute atomic E-state index is 9.86. The molecule has 1 atom stereocenters. The Labute approximate surface area is 98.3 Å². The maximum Gasteiger partial charge on any atom is 0.122 e. The molecule has 1 unspecified atom stereocenters. The molecule has 0 aliphatic carbocycles. The normalized spacial score (nSPS) is 12.6. The van der Waals surface area contributed by atoms with Crippen molar-refractivity contribution in [2.75, 3.05) is 6.61 Å². The van der Waals surface area contributed by atoms with E-state index in [0.29, 0.717) is 0 Å². The third-order valence-corrected chi connectivity index (χ3v) is 2.99. The van der Waals surface area contributed by atoms with Gasteiger partial charge in [-0.25, -0.2) is 0 Å². The minimum atomic E-state index is -0.362. The van der Waals surface area contributed by atoms with E-state index in [4.69, 9.17) is 4.74 Å². The van der Waals surface area contributed by atoms with Gasteiger partial charge >= 0.3 is 0 Å². The summed E-state index contributed by atoms with van der Waals surface area (Å²) < 4.78 is 5.65. The van der Waals surface area contributed by atoms with E-state index in [2.05, 4.69) is 6.92 Å². The second kappa shape index (κ2) is 5.90. The Balaban J connectivity index is 2.98. The molecule has 16 heavy (non-hydrogen) atoms. The van der Waals surface area contributed by atoms with Gasteiger partial charge in [0, 0.05) is 0 Å². The van der Waals surface area contributed by atoms with Gasteiger partial charge in [-0.2, -0.15) is 0 Å². The summed E-state index contributed by atoms with van der Waals surface area (Å²) in [4.78, 5) is 0. The van der Waals surface area contributed by atoms with Gasteiger partial charge in [0.05, 0.1) is 12.7 Å². The summed E-state index contributed by atoms with van der Waals surface area (Å²) in [6.45, 7) is 8.92. The molecule has 0 fully saturated rings. The highest BCUT2D eigenvalue weighted by Gasteiger charge is 2.12. The number of benzene rings is 1. The van der Waals surface area contributed by atoms with Crippen molar-refractivity contribution in [3.63, 3.8) is 0 Å². The van der Waals surface area contributed by atoms with E-state index in [1.54, 1.807) is 0 Å². The topological polar surface area (TPSA) is 29.5 Å². The molecule has 2 heteroatoms. The Hall–Kier alpha value is -1.02. The highest BCUT2D eigenvalue weighted by Crippen LogP contribution is 2.29. The molecule has 1 N–H and O–H groups in total. The molecule has 1 aromatic rings. The first-order valence-corrected chi connectivity index (χ1v) is 6.02. The van der Waals surface area contributed by atoms with Gasteiger partial charge in [0.25, 0.3) is 0 Å². The van der Waals surface area contributed by atoms with Crippen LogP contribution >= 0.6 is 0 Å². The van der Waals surface area contributed by atoms with Crippen LogP contribution in [-0.2, 0) is 0 Å². The maximum atomic E-state index is 9.86. The van der Waals surface area contributed by atoms with Crippen molar-refractivity contribution in [3.05, 3.63) is 28.8 Å². The van der Waals surface area contributed by atoms with Gasteiger partial charge in [-0.3, -0.25) is 0 Å². The van der Waals surface area contributed by atoms with E-state index < -0.39 is 0 Å². The zero-order chi connectivity index (χ0) is 12.1. The van der Waals surface area contributed by atoms with Crippen LogP contribution in [0.2, 0.25) is 0 Å². The summed E-state index contributed by atoms with van der Waals surface area (Å²) in [7, 11) is 0. The second-order valence-electron chi connectivity index (χ2n) is 4.18. The third kappa shape index (κ3) is 2.76. The second-order valence-corrected chi connectivity index (χ2v) is 4.18. The molecule has 2 nitrogen and oxygen atoms in total. The Morgan fingerprint density at radius 2 is 1.88 bits per heavy atom. The molecule has 0 bridgehead atoms. The molecule has 0 heterocycles. The molecule has 0 aliphatic rings. The van der Waals surface area contributed by atoms with Crippen molar-refractivity contribution < 1.29 is 9.84 Å². The summed E-state index contributed by atoms with van der Waals surface area (Å²) in [5.74, 6) is 0.936. The molecular weight excluding hydrogens is 200 g/mol. The van der Waals surface area contributed by atoms with Crippen LogP contribution in [0.25, 0.3) is 0 Å². The summed E-state index contributed by atoms with van der Waals surface area (Å²) in [6.07, 6.45) is 1.40. The largest absolute Gasteiger partial charge is 0.493 e. The lowest BCUT2D eigenvalue weighted by atomic mass is 9.97. The van der Waals surface area contributed by atoms with Gasteiger partial charge in [-0.1, -0.05) is 19.9 Å². The number of rotatable bonds is 5. The van der Waals surface area contributed by atoms with Gasteiger partial charge in [0.2, 0.25) is 0 Å². The quantitative estimate of drug-likeness (QED) is 0.825. The van der Waals surface area contributed by atoms with Crippen LogP contribution in [0.4, 0.5) is 0 Å². The first kappa shape index (κ1) is 13.0. The average molecular weight is 222 g/mol. The Kier molecular flexibility index (Phi) is 4.81. The molecule has 0 amide bonds. The lowest BCUT2D eigenvalue weighted by Crippen LogP contribution is -2.03. The van der Waals surface area contributed by atoms with Crippen molar-refractivity contribution in [2.24, 2.45) is 0 Å². The van der Waals surface area contributed by atoms with Crippen LogP contribution in [0.1, 0.15) is 49.5 Å². The van der Waals surface area contributed by atoms with Crippen molar-refractivity contribution >= 4 is 0 Å². The van der Waals surface area contributed by atoms with Gasteiger partial charge in [0.1, 0.15) is 5.75 Å². The molecule has 1 aromatic carbocycles. The molecule has 90 valence electrons. The SMILES string of the molecule is CCCOc1ccc(C(O)CC)c(C)c1C. The van der Waals surface area contributed by atoms with Crippen molar-refractivity contribution in [2.45, 2.75) is 46.6 Å². The van der Waals surface area contributed by atoms with Crippen LogP contribution in [0.15, 0.2) is 12.1 Å². The van der Waals surface area contributed by atoms with Gasteiger partial charge < -0.3 is 9.84 Å². The van der Waals surface area contributed by atoms with Gasteiger partial charge in [-0.05, 0) is 49.4 Å². The van der Waals surface area contributed by atoms with Crippen molar-refractivity contribution in [3.8, 4) is 5.75 Å². The Morgan fingerprint density at radius 3 is 2.44 bits per heavy atom. The van der Waals surface area contributed by atoms with Crippen molar-refractivity contribution in [1.29, 1.82) is 0 Å². The van der Waals surface area contributed by atoms with Crippen LogP contribution in [-0.4, -0.2) is 11.7 Å². The number of hydrogen-bond donors (Lipinski definition) is 1. The van der Waals surface area contributed by atoms with Crippen LogP contribution in [0.3, 0.4) is 0 Å². The lowest BCUT2D eigenvalue weighted by Gasteiger charge is -2.17. The first-order chi connectivity index (χ1) is 7.61. The van der Waals surface area contributed by atoms with Crippen LogP contribution in [0.5, 0.6) is 5.75 Å². The standard InChI is InChI=1S/C14H22O2/c1-5-9-16-14-8-7-12(13(15)6-2)10(3)11(14)4/h7-8,13,15H,5-6,9H2,1-4H3. The van der Waals surface area contributed by atoms with Crippen molar-refractivity contribution in [1.82, 2.24) is 0 Å². The minimum Gasteiger partial charge on any atom is -0.493 e. The zero-order valence-corrected chi connectivity index (χ0v) is 10.7. The summed E-state index contributed by atoms with van der Waals surface area (Å²) in [6, 6.07) is 3.94. The number of aliphatic hydroxyl groups is 1. The smallest absolute Gasteiger partial charge is 0.122 e. The molecule has 0 saturated carbocycles. The fourth-order valence-electron chi connectivity index (χ4n) is 1.77. The summed E-state index contributed by atoms with van der Waals surface area (Å²) in [5, 5.41) is 9.86. The summed E-state index contributed by atoms with van der Waals surface area (Å²) in [5.41, 5.74) is 3.30. The molecule has 0 aromatic heterocycles. The van der Waals surface area contributed by atoms with E-state index in [0.717, 1.165) is 41.9 Å². The zero-order valence-electron chi connectivity index (χ0n) is 10.7. The summed E-state index contributed by atoms with van der Waals surface area (Å²) >= 11 is 0. The molecule has 0 saturated heterocycles. The fourth-order valence-corrected chi connectivity index (χ4v) is 1.77. The minimum absolute atomic E-state index is 0.362. The number of aliphatic hydroxyl groups excluding tert-OH is 1. The monoisotopic (exact) mass is 222 g/mol. The molecular formula is C14H22O2. The average Bonchev–Trinajstić information content (AvgIpc) is 2.30. The number of hydrogen-bond acceptors (Lipinski definition) is 2. The predicted molar refractivity (Wildman–Crippen MR) is 67.0 cm³/mol.